The highest BCUT2D eigenvalue weighted by Gasteiger charge is 2.14. The van der Waals surface area contributed by atoms with Crippen molar-refractivity contribution in [3.05, 3.63) is 28.2 Å². The normalized spacial score (nSPS) is 12.5. The summed E-state index contributed by atoms with van der Waals surface area (Å²) in [5, 5.41) is 12.5. The molecule has 0 fully saturated rings. The molecule has 1 rings (SSSR count). The van der Waals surface area contributed by atoms with Crippen LogP contribution in [0.4, 0.5) is 0 Å². The molecule has 15 heavy (non-hydrogen) atoms. The predicted molar refractivity (Wildman–Crippen MR) is 64.2 cm³/mol. The molecule has 0 heterocycles. The van der Waals surface area contributed by atoms with E-state index < -0.39 is 0 Å². The van der Waals surface area contributed by atoms with Crippen molar-refractivity contribution in [2.45, 2.75) is 13.0 Å². The van der Waals surface area contributed by atoms with Crippen LogP contribution < -0.4 is 10.1 Å². The molecule has 0 saturated carbocycles. The van der Waals surface area contributed by atoms with Gasteiger partial charge >= 0.3 is 0 Å². The van der Waals surface area contributed by atoms with E-state index in [1.165, 1.54) is 0 Å². The Labute approximate surface area is 98.6 Å². The molecule has 0 aromatic heterocycles. The molecule has 84 valence electrons. The summed E-state index contributed by atoms with van der Waals surface area (Å²) in [6.45, 7) is 2.87. The molecule has 0 aliphatic carbocycles. The van der Waals surface area contributed by atoms with E-state index in [-0.39, 0.29) is 12.6 Å². The molecule has 0 aliphatic rings. The molecule has 1 aromatic rings. The van der Waals surface area contributed by atoms with Gasteiger partial charge in [0.15, 0.2) is 0 Å². The van der Waals surface area contributed by atoms with Gasteiger partial charge in [0.05, 0.1) is 19.8 Å². The van der Waals surface area contributed by atoms with Crippen molar-refractivity contribution in [1.29, 1.82) is 0 Å². The molecular weight excluding hydrogens is 258 g/mol. The van der Waals surface area contributed by atoms with Gasteiger partial charge in [-0.15, -0.1) is 0 Å². The second kappa shape index (κ2) is 6.10. The number of methoxy groups -OCH3 is 1. The minimum Gasteiger partial charge on any atom is -0.496 e. The number of halogens is 1. The summed E-state index contributed by atoms with van der Waals surface area (Å²) < 4.78 is 6.24. The Bertz CT molecular complexity index is 317. The number of ether oxygens (including phenoxy) is 1. The van der Waals surface area contributed by atoms with E-state index in [1.54, 1.807) is 7.11 Å². The monoisotopic (exact) mass is 273 g/mol. The van der Waals surface area contributed by atoms with Crippen LogP contribution in [0.3, 0.4) is 0 Å². The SMILES string of the molecule is CCNC(CO)c1cc(Br)ccc1OC. The second-order valence-electron chi connectivity index (χ2n) is 3.18. The molecular formula is C11H16BrNO2. The van der Waals surface area contributed by atoms with Gasteiger partial charge in [-0.2, -0.15) is 0 Å². The fraction of sp³-hybridized carbons (Fsp3) is 0.455. The zero-order valence-electron chi connectivity index (χ0n) is 8.96. The number of nitrogens with one attached hydrogen (secondary N) is 1. The van der Waals surface area contributed by atoms with Gasteiger partial charge < -0.3 is 15.2 Å². The summed E-state index contributed by atoms with van der Waals surface area (Å²) in [5.74, 6) is 0.790. The number of aliphatic hydroxyl groups is 1. The van der Waals surface area contributed by atoms with E-state index in [0.29, 0.717) is 0 Å². The van der Waals surface area contributed by atoms with Crippen molar-refractivity contribution in [2.75, 3.05) is 20.3 Å². The smallest absolute Gasteiger partial charge is 0.123 e. The van der Waals surface area contributed by atoms with Crippen molar-refractivity contribution in [3.63, 3.8) is 0 Å². The highest BCUT2D eigenvalue weighted by molar-refractivity contribution is 9.10. The summed E-state index contributed by atoms with van der Waals surface area (Å²) in [5.41, 5.74) is 0.969. The van der Waals surface area contributed by atoms with Crippen LogP contribution in [-0.2, 0) is 0 Å². The van der Waals surface area contributed by atoms with E-state index in [2.05, 4.69) is 21.2 Å². The third-order valence-electron chi connectivity index (χ3n) is 2.20. The maximum atomic E-state index is 9.29. The zero-order chi connectivity index (χ0) is 11.3. The van der Waals surface area contributed by atoms with Crippen LogP contribution in [0.5, 0.6) is 5.75 Å². The molecule has 0 bridgehead atoms. The predicted octanol–water partition coefficient (Wildman–Crippen LogP) is 2.10. The lowest BCUT2D eigenvalue weighted by molar-refractivity contribution is 0.243. The van der Waals surface area contributed by atoms with Crippen LogP contribution in [-0.4, -0.2) is 25.4 Å². The third-order valence-corrected chi connectivity index (χ3v) is 2.69. The topological polar surface area (TPSA) is 41.5 Å². The molecule has 3 nitrogen and oxygen atoms in total. The van der Waals surface area contributed by atoms with Gasteiger partial charge in [0.2, 0.25) is 0 Å². The van der Waals surface area contributed by atoms with Crippen LogP contribution in [0, 0.1) is 0 Å². The molecule has 0 radical (unpaired) electrons. The van der Waals surface area contributed by atoms with E-state index in [4.69, 9.17) is 4.74 Å². The lowest BCUT2D eigenvalue weighted by Crippen LogP contribution is -2.24. The summed E-state index contributed by atoms with van der Waals surface area (Å²) in [6, 6.07) is 5.69. The number of likely N-dealkylation sites (N-methyl/N-ethyl adjacent to an activating group) is 1. The standard InChI is InChI=1S/C11H16BrNO2/c1-3-13-10(7-14)9-6-8(12)4-5-11(9)15-2/h4-6,10,13-14H,3,7H2,1-2H3. The first-order valence-electron chi connectivity index (χ1n) is 4.90. The molecule has 0 aliphatic heterocycles. The number of benzene rings is 1. The number of hydrogen-bond donors (Lipinski definition) is 2. The molecule has 1 unspecified atom stereocenters. The third kappa shape index (κ3) is 3.19. The van der Waals surface area contributed by atoms with Gasteiger partial charge in [-0.25, -0.2) is 0 Å². The minimum atomic E-state index is -0.0811. The first-order chi connectivity index (χ1) is 7.22. The van der Waals surface area contributed by atoms with Crippen LogP contribution >= 0.6 is 15.9 Å². The highest BCUT2D eigenvalue weighted by atomic mass is 79.9. The van der Waals surface area contributed by atoms with Gasteiger partial charge in [-0.1, -0.05) is 22.9 Å². The summed E-state index contributed by atoms with van der Waals surface area (Å²) >= 11 is 3.41. The van der Waals surface area contributed by atoms with Gasteiger partial charge in [0.1, 0.15) is 5.75 Å². The first-order valence-corrected chi connectivity index (χ1v) is 5.69. The Balaban J connectivity index is 3.02. The fourth-order valence-corrected chi connectivity index (χ4v) is 1.88. The van der Waals surface area contributed by atoms with Crippen molar-refractivity contribution in [1.82, 2.24) is 5.32 Å². The maximum absolute atomic E-state index is 9.29. The maximum Gasteiger partial charge on any atom is 0.123 e. The molecule has 0 amide bonds. The summed E-state index contributed by atoms with van der Waals surface area (Å²) in [6.07, 6.45) is 0. The van der Waals surface area contributed by atoms with Gasteiger partial charge in [-0.05, 0) is 24.7 Å². The largest absolute Gasteiger partial charge is 0.496 e. The lowest BCUT2D eigenvalue weighted by Gasteiger charge is -2.18. The van der Waals surface area contributed by atoms with Crippen LogP contribution in [0.1, 0.15) is 18.5 Å². The number of hydrogen-bond acceptors (Lipinski definition) is 3. The van der Waals surface area contributed by atoms with Crippen molar-refractivity contribution < 1.29 is 9.84 Å². The Hall–Kier alpha value is -0.580. The zero-order valence-corrected chi connectivity index (χ0v) is 10.5. The molecule has 1 atom stereocenters. The average molecular weight is 274 g/mol. The summed E-state index contributed by atoms with van der Waals surface area (Å²) in [4.78, 5) is 0. The second-order valence-corrected chi connectivity index (χ2v) is 4.09. The summed E-state index contributed by atoms with van der Waals surface area (Å²) in [7, 11) is 1.63. The average Bonchev–Trinajstić information content (AvgIpc) is 2.26. The molecule has 1 aromatic carbocycles. The van der Waals surface area contributed by atoms with Gasteiger partial charge in [0.25, 0.3) is 0 Å². The van der Waals surface area contributed by atoms with Gasteiger partial charge in [0, 0.05) is 10.0 Å². The highest BCUT2D eigenvalue weighted by Crippen LogP contribution is 2.28. The van der Waals surface area contributed by atoms with E-state index in [1.807, 2.05) is 25.1 Å². The van der Waals surface area contributed by atoms with Crippen molar-refractivity contribution >= 4 is 15.9 Å². The quantitative estimate of drug-likeness (QED) is 0.864. The van der Waals surface area contributed by atoms with Crippen LogP contribution in [0.15, 0.2) is 22.7 Å². The number of aliphatic hydroxyl groups excluding tert-OH is 1. The Morgan fingerprint density at radius 1 is 1.53 bits per heavy atom. The molecule has 0 spiro atoms. The molecule has 0 saturated heterocycles. The van der Waals surface area contributed by atoms with E-state index in [9.17, 15) is 5.11 Å². The molecule has 2 N–H and O–H groups in total. The lowest BCUT2D eigenvalue weighted by atomic mass is 10.1. The van der Waals surface area contributed by atoms with Gasteiger partial charge in [-0.3, -0.25) is 0 Å². The molecule has 4 heteroatoms. The minimum absolute atomic E-state index is 0.0562. The number of rotatable bonds is 5. The van der Waals surface area contributed by atoms with E-state index >= 15 is 0 Å². The van der Waals surface area contributed by atoms with E-state index in [0.717, 1.165) is 22.3 Å². The Morgan fingerprint density at radius 3 is 2.80 bits per heavy atom. The fourth-order valence-electron chi connectivity index (χ4n) is 1.50. The Morgan fingerprint density at radius 2 is 2.27 bits per heavy atom. The first kappa shape index (κ1) is 12.5. The Kier molecular flexibility index (Phi) is 5.08. The van der Waals surface area contributed by atoms with Crippen molar-refractivity contribution in [2.24, 2.45) is 0 Å². The van der Waals surface area contributed by atoms with Crippen molar-refractivity contribution in [3.8, 4) is 5.75 Å². The van der Waals surface area contributed by atoms with Crippen LogP contribution in [0.2, 0.25) is 0 Å². The van der Waals surface area contributed by atoms with Crippen LogP contribution in [0.25, 0.3) is 0 Å².